The topological polar surface area (TPSA) is 80.5 Å². The van der Waals surface area contributed by atoms with Crippen LogP contribution in [0.3, 0.4) is 0 Å². The SMILES string of the molecule is Cc1ccc(S(=O)(=O)N2CCC[C@H]2C(N)=O)cc1C. The van der Waals surface area contributed by atoms with E-state index in [2.05, 4.69) is 0 Å². The van der Waals surface area contributed by atoms with Crippen LogP contribution in [0.25, 0.3) is 0 Å². The Morgan fingerprint density at radius 3 is 2.58 bits per heavy atom. The lowest BCUT2D eigenvalue weighted by Crippen LogP contribution is -2.43. The molecule has 1 aliphatic rings. The highest BCUT2D eigenvalue weighted by atomic mass is 32.2. The van der Waals surface area contributed by atoms with Crippen LogP contribution < -0.4 is 5.73 Å². The van der Waals surface area contributed by atoms with Crippen molar-refractivity contribution in [2.24, 2.45) is 5.73 Å². The minimum atomic E-state index is -3.64. The fraction of sp³-hybridized carbons (Fsp3) is 0.462. The summed E-state index contributed by atoms with van der Waals surface area (Å²) in [5.74, 6) is -0.579. The molecule has 1 heterocycles. The van der Waals surface area contributed by atoms with Gasteiger partial charge < -0.3 is 5.73 Å². The highest BCUT2D eigenvalue weighted by Crippen LogP contribution is 2.26. The highest BCUT2D eigenvalue weighted by Gasteiger charge is 2.38. The van der Waals surface area contributed by atoms with Crippen molar-refractivity contribution in [2.45, 2.75) is 37.6 Å². The zero-order valence-corrected chi connectivity index (χ0v) is 11.9. The first-order valence-corrected chi connectivity index (χ1v) is 7.66. The van der Waals surface area contributed by atoms with Gasteiger partial charge in [-0.1, -0.05) is 6.07 Å². The molecule has 1 aromatic rings. The molecule has 1 saturated heterocycles. The second-order valence-electron chi connectivity index (χ2n) is 4.92. The van der Waals surface area contributed by atoms with E-state index in [0.29, 0.717) is 19.4 Å². The lowest BCUT2D eigenvalue weighted by atomic mass is 10.1. The number of carbonyl (C=O) groups excluding carboxylic acids is 1. The van der Waals surface area contributed by atoms with Gasteiger partial charge in [-0.15, -0.1) is 0 Å². The Morgan fingerprint density at radius 1 is 1.32 bits per heavy atom. The van der Waals surface area contributed by atoms with Gasteiger partial charge in [0.2, 0.25) is 15.9 Å². The largest absolute Gasteiger partial charge is 0.368 e. The predicted octanol–water partition coefficient (Wildman–Crippen LogP) is 0.942. The monoisotopic (exact) mass is 282 g/mol. The Bertz CT molecular complexity index is 610. The molecule has 0 aromatic heterocycles. The van der Waals surface area contributed by atoms with E-state index in [1.807, 2.05) is 13.8 Å². The smallest absolute Gasteiger partial charge is 0.243 e. The summed E-state index contributed by atoms with van der Waals surface area (Å²) in [5, 5.41) is 0. The molecular formula is C13H18N2O3S. The van der Waals surface area contributed by atoms with Crippen molar-refractivity contribution in [3.63, 3.8) is 0 Å². The third kappa shape index (κ3) is 2.50. The number of nitrogens with two attached hydrogens (primary N) is 1. The van der Waals surface area contributed by atoms with Gasteiger partial charge in [0.25, 0.3) is 0 Å². The molecule has 0 spiro atoms. The summed E-state index contributed by atoms with van der Waals surface area (Å²) in [6.07, 6.45) is 1.16. The van der Waals surface area contributed by atoms with Gasteiger partial charge in [0.1, 0.15) is 6.04 Å². The zero-order valence-electron chi connectivity index (χ0n) is 11.1. The van der Waals surface area contributed by atoms with Gasteiger partial charge in [-0.25, -0.2) is 8.42 Å². The van der Waals surface area contributed by atoms with Crippen molar-refractivity contribution in [2.75, 3.05) is 6.54 Å². The summed E-state index contributed by atoms with van der Waals surface area (Å²) in [7, 11) is -3.64. The number of primary amides is 1. The highest BCUT2D eigenvalue weighted by molar-refractivity contribution is 7.89. The van der Waals surface area contributed by atoms with Crippen LogP contribution >= 0.6 is 0 Å². The summed E-state index contributed by atoms with van der Waals surface area (Å²) in [5.41, 5.74) is 7.22. The van der Waals surface area contributed by atoms with Crippen molar-refractivity contribution >= 4 is 15.9 Å². The first-order valence-electron chi connectivity index (χ1n) is 6.22. The molecule has 0 radical (unpaired) electrons. The van der Waals surface area contributed by atoms with Crippen LogP contribution in [0.2, 0.25) is 0 Å². The Morgan fingerprint density at radius 2 is 2.00 bits per heavy atom. The molecule has 2 N–H and O–H groups in total. The third-order valence-corrected chi connectivity index (χ3v) is 5.52. The van der Waals surface area contributed by atoms with E-state index in [-0.39, 0.29) is 4.90 Å². The predicted molar refractivity (Wildman–Crippen MR) is 72.0 cm³/mol. The Balaban J connectivity index is 2.42. The molecule has 1 atom stereocenters. The molecule has 19 heavy (non-hydrogen) atoms. The molecule has 104 valence electrons. The second kappa shape index (κ2) is 4.94. The number of hydrogen-bond acceptors (Lipinski definition) is 3. The molecule has 1 aliphatic heterocycles. The van der Waals surface area contributed by atoms with Gasteiger partial charge in [0.05, 0.1) is 4.90 Å². The standard InChI is InChI=1S/C13H18N2O3S/c1-9-5-6-11(8-10(9)2)19(17,18)15-7-3-4-12(15)13(14)16/h5-6,8,12H,3-4,7H2,1-2H3,(H2,14,16)/t12-/m0/s1. The van der Waals surface area contributed by atoms with Crippen LogP contribution in [-0.2, 0) is 14.8 Å². The summed E-state index contributed by atoms with van der Waals surface area (Å²) in [6.45, 7) is 4.14. The van der Waals surface area contributed by atoms with Crippen LogP contribution in [0.5, 0.6) is 0 Å². The van der Waals surface area contributed by atoms with E-state index in [4.69, 9.17) is 5.73 Å². The molecule has 1 amide bonds. The normalized spacial score (nSPS) is 20.6. The van der Waals surface area contributed by atoms with Crippen LogP contribution in [0.1, 0.15) is 24.0 Å². The number of benzene rings is 1. The van der Waals surface area contributed by atoms with Gasteiger partial charge in [0.15, 0.2) is 0 Å². The number of rotatable bonds is 3. The van der Waals surface area contributed by atoms with Crippen molar-refractivity contribution in [3.8, 4) is 0 Å². The lowest BCUT2D eigenvalue weighted by Gasteiger charge is -2.22. The van der Waals surface area contributed by atoms with E-state index < -0.39 is 22.0 Å². The van der Waals surface area contributed by atoms with E-state index >= 15 is 0 Å². The molecule has 1 fully saturated rings. The quantitative estimate of drug-likeness (QED) is 0.896. The first-order chi connectivity index (χ1) is 8.84. The number of aryl methyl sites for hydroxylation is 2. The molecule has 6 heteroatoms. The molecule has 0 aliphatic carbocycles. The van der Waals surface area contributed by atoms with E-state index in [9.17, 15) is 13.2 Å². The molecule has 0 bridgehead atoms. The van der Waals surface area contributed by atoms with E-state index in [1.54, 1.807) is 18.2 Å². The fourth-order valence-corrected chi connectivity index (χ4v) is 4.07. The zero-order chi connectivity index (χ0) is 14.2. The van der Waals surface area contributed by atoms with Gasteiger partial charge >= 0.3 is 0 Å². The third-order valence-electron chi connectivity index (χ3n) is 3.62. The molecule has 0 saturated carbocycles. The number of nitrogens with zero attached hydrogens (tertiary/aromatic N) is 1. The Kier molecular flexibility index (Phi) is 3.64. The summed E-state index contributed by atoms with van der Waals surface area (Å²) < 4.78 is 26.3. The molecule has 2 rings (SSSR count). The van der Waals surface area contributed by atoms with Gasteiger partial charge in [-0.2, -0.15) is 4.31 Å². The van der Waals surface area contributed by atoms with Gasteiger partial charge in [0, 0.05) is 6.54 Å². The maximum Gasteiger partial charge on any atom is 0.243 e. The van der Waals surface area contributed by atoms with Crippen LogP contribution in [0.4, 0.5) is 0 Å². The Hall–Kier alpha value is -1.40. The average molecular weight is 282 g/mol. The minimum Gasteiger partial charge on any atom is -0.368 e. The molecule has 5 nitrogen and oxygen atoms in total. The lowest BCUT2D eigenvalue weighted by molar-refractivity contribution is -0.121. The minimum absolute atomic E-state index is 0.226. The molecular weight excluding hydrogens is 264 g/mol. The van der Waals surface area contributed by atoms with Gasteiger partial charge in [-0.05, 0) is 49.9 Å². The number of amides is 1. The number of carbonyl (C=O) groups is 1. The molecule has 0 unspecified atom stereocenters. The summed E-state index contributed by atoms with van der Waals surface area (Å²) in [6, 6.07) is 4.28. The summed E-state index contributed by atoms with van der Waals surface area (Å²) in [4.78, 5) is 11.6. The second-order valence-corrected chi connectivity index (χ2v) is 6.81. The van der Waals surface area contributed by atoms with Crippen molar-refractivity contribution < 1.29 is 13.2 Å². The maximum absolute atomic E-state index is 12.5. The van der Waals surface area contributed by atoms with E-state index in [1.165, 1.54) is 4.31 Å². The summed E-state index contributed by atoms with van der Waals surface area (Å²) >= 11 is 0. The molecule has 1 aromatic carbocycles. The Labute approximate surface area is 113 Å². The van der Waals surface area contributed by atoms with Crippen LogP contribution in [-0.4, -0.2) is 31.2 Å². The van der Waals surface area contributed by atoms with Crippen LogP contribution in [0.15, 0.2) is 23.1 Å². The number of hydrogen-bond donors (Lipinski definition) is 1. The van der Waals surface area contributed by atoms with Gasteiger partial charge in [-0.3, -0.25) is 4.79 Å². The van der Waals surface area contributed by atoms with Crippen molar-refractivity contribution in [1.82, 2.24) is 4.31 Å². The fourth-order valence-electron chi connectivity index (χ4n) is 2.32. The van der Waals surface area contributed by atoms with Crippen molar-refractivity contribution in [1.29, 1.82) is 0 Å². The maximum atomic E-state index is 12.5. The van der Waals surface area contributed by atoms with Crippen molar-refractivity contribution in [3.05, 3.63) is 29.3 Å². The first kappa shape index (κ1) is 14.0. The van der Waals surface area contributed by atoms with E-state index in [0.717, 1.165) is 11.1 Å². The average Bonchev–Trinajstić information content (AvgIpc) is 2.82. The number of sulfonamides is 1. The van der Waals surface area contributed by atoms with Crippen LogP contribution in [0, 0.1) is 13.8 Å².